The summed E-state index contributed by atoms with van der Waals surface area (Å²) in [4.78, 5) is 0. The Labute approximate surface area is 134 Å². The van der Waals surface area contributed by atoms with Crippen LogP contribution >= 0.6 is 12.2 Å². The van der Waals surface area contributed by atoms with E-state index in [0.29, 0.717) is 17.8 Å². The van der Waals surface area contributed by atoms with Crippen LogP contribution in [0.4, 0.5) is 0 Å². The van der Waals surface area contributed by atoms with E-state index in [4.69, 9.17) is 17.0 Å². The van der Waals surface area contributed by atoms with Gasteiger partial charge in [0.2, 0.25) is 0 Å². The highest BCUT2D eigenvalue weighted by atomic mass is 32.1. The number of hydrogen-bond donors (Lipinski definition) is 1. The van der Waals surface area contributed by atoms with Gasteiger partial charge in [-0.1, -0.05) is 30.3 Å². The van der Waals surface area contributed by atoms with E-state index in [2.05, 4.69) is 22.3 Å². The van der Waals surface area contributed by atoms with Gasteiger partial charge in [0.25, 0.3) is 0 Å². The van der Waals surface area contributed by atoms with Crippen LogP contribution in [0.15, 0.2) is 54.6 Å². The first-order valence-corrected chi connectivity index (χ1v) is 7.62. The summed E-state index contributed by atoms with van der Waals surface area (Å²) in [5, 5.41) is 7.24. The van der Waals surface area contributed by atoms with Crippen LogP contribution in [0.25, 0.3) is 5.69 Å². The zero-order valence-corrected chi connectivity index (χ0v) is 13.1. The lowest BCUT2D eigenvalue weighted by Gasteiger charge is -2.07. The number of H-pyrrole nitrogens is 1. The van der Waals surface area contributed by atoms with Gasteiger partial charge in [-0.3, -0.25) is 9.67 Å². The van der Waals surface area contributed by atoms with Crippen LogP contribution in [-0.4, -0.2) is 21.4 Å². The molecular weight excluding hydrogens is 294 g/mol. The molecule has 3 aromatic rings. The first-order valence-electron chi connectivity index (χ1n) is 7.21. The Morgan fingerprint density at radius 3 is 2.50 bits per heavy atom. The molecule has 0 saturated carbocycles. The Morgan fingerprint density at radius 1 is 1.09 bits per heavy atom. The zero-order chi connectivity index (χ0) is 15.4. The highest BCUT2D eigenvalue weighted by Crippen LogP contribution is 2.17. The van der Waals surface area contributed by atoms with Crippen molar-refractivity contribution in [3.05, 3.63) is 70.8 Å². The highest BCUT2D eigenvalue weighted by Gasteiger charge is 2.09. The number of rotatable bonds is 5. The zero-order valence-electron chi connectivity index (χ0n) is 12.3. The largest absolute Gasteiger partial charge is 0.494 e. The van der Waals surface area contributed by atoms with Crippen LogP contribution in [0, 0.1) is 4.77 Å². The van der Waals surface area contributed by atoms with E-state index in [9.17, 15) is 0 Å². The first kappa shape index (κ1) is 14.5. The van der Waals surface area contributed by atoms with Gasteiger partial charge in [0.05, 0.1) is 6.61 Å². The molecule has 0 amide bonds. The van der Waals surface area contributed by atoms with Crippen LogP contribution in [0.2, 0.25) is 0 Å². The van der Waals surface area contributed by atoms with Crippen LogP contribution in [0.5, 0.6) is 5.75 Å². The highest BCUT2D eigenvalue weighted by molar-refractivity contribution is 7.71. The van der Waals surface area contributed by atoms with Crippen LogP contribution in [0.1, 0.15) is 18.3 Å². The third kappa shape index (κ3) is 3.09. The molecule has 1 heterocycles. The summed E-state index contributed by atoms with van der Waals surface area (Å²) < 4.78 is 8.03. The molecule has 0 fully saturated rings. The van der Waals surface area contributed by atoms with Crippen molar-refractivity contribution in [2.45, 2.75) is 13.3 Å². The SMILES string of the molecule is CCOc1ccc(Cc2n[nH]c(=S)n2-c2ccccc2)cc1. The minimum Gasteiger partial charge on any atom is -0.494 e. The molecule has 0 aliphatic heterocycles. The van der Waals surface area contributed by atoms with Crippen molar-refractivity contribution in [1.29, 1.82) is 0 Å². The fourth-order valence-electron chi connectivity index (χ4n) is 2.34. The van der Waals surface area contributed by atoms with E-state index in [0.717, 1.165) is 22.8 Å². The predicted molar refractivity (Wildman–Crippen MR) is 89.2 cm³/mol. The van der Waals surface area contributed by atoms with Crippen LogP contribution in [0.3, 0.4) is 0 Å². The molecular formula is C17H17N3OS. The molecule has 0 spiro atoms. The number of nitrogens with one attached hydrogen (secondary N) is 1. The molecule has 3 rings (SSSR count). The summed E-state index contributed by atoms with van der Waals surface area (Å²) in [5.74, 6) is 1.77. The molecule has 5 heteroatoms. The van der Waals surface area contributed by atoms with Gasteiger partial charge >= 0.3 is 0 Å². The van der Waals surface area contributed by atoms with E-state index in [1.807, 2.05) is 54.0 Å². The molecule has 0 bridgehead atoms. The number of ether oxygens (including phenoxy) is 1. The normalized spacial score (nSPS) is 10.6. The van der Waals surface area contributed by atoms with E-state index in [-0.39, 0.29) is 0 Å². The molecule has 112 valence electrons. The number of para-hydroxylation sites is 1. The summed E-state index contributed by atoms with van der Waals surface area (Å²) in [6.07, 6.45) is 0.703. The molecule has 0 aliphatic rings. The van der Waals surface area contributed by atoms with Crippen molar-refractivity contribution in [3.8, 4) is 11.4 Å². The van der Waals surface area contributed by atoms with Crippen molar-refractivity contribution in [2.24, 2.45) is 0 Å². The van der Waals surface area contributed by atoms with Gasteiger partial charge in [-0.05, 0) is 49.0 Å². The molecule has 22 heavy (non-hydrogen) atoms. The second-order valence-electron chi connectivity index (χ2n) is 4.87. The monoisotopic (exact) mass is 311 g/mol. The average molecular weight is 311 g/mol. The summed E-state index contributed by atoms with van der Waals surface area (Å²) in [6, 6.07) is 18.1. The maximum absolute atomic E-state index is 5.46. The minimum absolute atomic E-state index is 0.604. The van der Waals surface area contributed by atoms with E-state index in [1.165, 1.54) is 0 Å². The number of aromatic nitrogens is 3. The number of aromatic amines is 1. The Bertz CT molecular complexity index is 791. The van der Waals surface area contributed by atoms with E-state index >= 15 is 0 Å². The molecule has 0 unspecified atom stereocenters. The summed E-state index contributed by atoms with van der Waals surface area (Å²) in [5.41, 5.74) is 2.18. The van der Waals surface area contributed by atoms with Gasteiger partial charge in [-0.15, -0.1) is 0 Å². The van der Waals surface area contributed by atoms with Gasteiger partial charge < -0.3 is 4.74 Å². The molecule has 0 atom stereocenters. The molecule has 0 saturated heterocycles. The summed E-state index contributed by atoms with van der Waals surface area (Å²) in [6.45, 7) is 2.65. The van der Waals surface area contributed by atoms with Crippen LogP contribution in [-0.2, 0) is 6.42 Å². The van der Waals surface area contributed by atoms with Crippen molar-refractivity contribution < 1.29 is 4.74 Å². The molecule has 1 N–H and O–H groups in total. The number of nitrogens with zero attached hydrogens (tertiary/aromatic N) is 2. The van der Waals surface area contributed by atoms with Crippen molar-refractivity contribution >= 4 is 12.2 Å². The third-order valence-electron chi connectivity index (χ3n) is 3.35. The minimum atomic E-state index is 0.604. The quantitative estimate of drug-likeness (QED) is 0.726. The standard InChI is InChI=1S/C17H17N3OS/c1-2-21-15-10-8-13(9-11-15)12-16-18-19-17(22)20(16)14-6-4-3-5-7-14/h3-11H,2,12H2,1H3,(H,19,22). The molecule has 0 aliphatic carbocycles. The molecule has 2 aromatic carbocycles. The lowest BCUT2D eigenvalue weighted by molar-refractivity contribution is 0.340. The van der Waals surface area contributed by atoms with Crippen molar-refractivity contribution in [2.75, 3.05) is 6.61 Å². The fourth-order valence-corrected chi connectivity index (χ4v) is 2.60. The van der Waals surface area contributed by atoms with Crippen molar-refractivity contribution in [3.63, 3.8) is 0 Å². The molecule has 4 nitrogen and oxygen atoms in total. The molecule has 0 radical (unpaired) electrons. The smallest absolute Gasteiger partial charge is 0.199 e. The maximum Gasteiger partial charge on any atom is 0.199 e. The predicted octanol–water partition coefficient (Wildman–Crippen LogP) is 3.92. The average Bonchev–Trinajstić information content (AvgIpc) is 2.91. The summed E-state index contributed by atoms with van der Waals surface area (Å²) in [7, 11) is 0. The fraction of sp³-hybridized carbons (Fsp3) is 0.176. The number of benzene rings is 2. The lowest BCUT2D eigenvalue weighted by atomic mass is 10.1. The second-order valence-corrected chi connectivity index (χ2v) is 5.26. The Hall–Kier alpha value is -2.40. The first-order chi connectivity index (χ1) is 10.8. The Balaban J connectivity index is 1.89. The van der Waals surface area contributed by atoms with Gasteiger partial charge in [0.15, 0.2) is 4.77 Å². The summed E-state index contributed by atoms with van der Waals surface area (Å²) >= 11 is 5.35. The second kappa shape index (κ2) is 6.58. The lowest BCUT2D eigenvalue weighted by Crippen LogP contribution is -2.02. The Kier molecular flexibility index (Phi) is 4.34. The van der Waals surface area contributed by atoms with E-state index in [1.54, 1.807) is 0 Å². The maximum atomic E-state index is 5.46. The molecule has 1 aromatic heterocycles. The number of hydrogen-bond acceptors (Lipinski definition) is 3. The van der Waals surface area contributed by atoms with Gasteiger partial charge in [0.1, 0.15) is 11.6 Å². The topological polar surface area (TPSA) is 42.8 Å². The van der Waals surface area contributed by atoms with Crippen LogP contribution < -0.4 is 4.74 Å². The van der Waals surface area contributed by atoms with Crippen molar-refractivity contribution in [1.82, 2.24) is 14.8 Å². The Morgan fingerprint density at radius 2 is 1.82 bits per heavy atom. The third-order valence-corrected chi connectivity index (χ3v) is 3.63. The van der Waals surface area contributed by atoms with Gasteiger partial charge in [-0.25, -0.2) is 0 Å². The van der Waals surface area contributed by atoms with E-state index < -0.39 is 0 Å². The van der Waals surface area contributed by atoms with Gasteiger partial charge in [0, 0.05) is 12.1 Å². The van der Waals surface area contributed by atoms with Gasteiger partial charge in [-0.2, -0.15) is 5.10 Å².